The van der Waals surface area contributed by atoms with Gasteiger partial charge in [0.2, 0.25) is 0 Å². The molecule has 0 radical (unpaired) electrons. The lowest BCUT2D eigenvalue weighted by Gasteiger charge is -2.36. The minimum absolute atomic E-state index is 0.458. The zero-order valence-electron chi connectivity index (χ0n) is 10.1. The van der Waals surface area contributed by atoms with Gasteiger partial charge in [0.25, 0.3) is 0 Å². The van der Waals surface area contributed by atoms with E-state index in [1.807, 2.05) is 4.90 Å². The number of aliphatic carboxylic acids is 1. The van der Waals surface area contributed by atoms with Crippen LogP contribution in [0, 0.1) is 0 Å². The van der Waals surface area contributed by atoms with Gasteiger partial charge in [-0.2, -0.15) is 0 Å². The summed E-state index contributed by atoms with van der Waals surface area (Å²) in [5.74, 6) is -0.786. The van der Waals surface area contributed by atoms with Gasteiger partial charge in [-0.15, -0.1) is 0 Å². The van der Waals surface area contributed by atoms with E-state index in [1.54, 1.807) is 14.0 Å². The van der Waals surface area contributed by atoms with Crippen LogP contribution in [0.15, 0.2) is 0 Å². The maximum absolute atomic E-state index is 11.4. The Morgan fingerprint density at radius 2 is 2.25 bits per heavy atom. The molecule has 94 valence electrons. The largest absolute Gasteiger partial charge is 0.480 e. The van der Waals surface area contributed by atoms with Crippen LogP contribution in [-0.2, 0) is 14.3 Å². The van der Waals surface area contributed by atoms with Crippen LogP contribution in [0.4, 0.5) is 0 Å². The number of hydrogen-bond donors (Lipinski definition) is 1. The van der Waals surface area contributed by atoms with E-state index in [0.29, 0.717) is 26.2 Å². The van der Waals surface area contributed by atoms with Gasteiger partial charge in [0.05, 0.1) is 6.61 Å². The molecule has 16 heavy (non-hydrogen) atoms. The zero-order valence-corrected chi connectivity index (χ0v) is 10.1. The van der Waals surface area contributed by atoms with Gasteiger partial charge in [0.1, 0.15) is 5.54 Å². The van der Waals surface area contributed by atoms with E-state index in [4.69, 9.17) is 9.47 Å². The first-order valence-electron chi connectivity index (χ1n) is 5.66. The number of carboxylic acid groups (broad SMARTS) is 1. The Labute approximate surface area is 96.3 Å². The summed E-state index contributed by atoms with van der Waals surface area (Å²) in [6, 6.07) is 0. The highest BCUT2D eigenvalue weighted by Gasteiger charge is 2.39. The van der Waals surface area contributed by atoms with Crippen LogP contribution in [-0.4, -0.2) is 61.5 Å². The summed E-state index contributed by atoms with van der Waals surface area (Å²) in [6.07, 6.45) is 1.38. The Morgan fingerprint density at radius 3 is 2.88 bits per heavy atom. The summed E-state index contributed by atoms with van der Waals surface area (Å²) in [5, 5.41) is 9.37. The lowest BCUT2D eigenvalue weighted by molar-refractivity contribution is -0.152. The molecular formula is C11H21NO4. The number of rotatable bonds is 5. The highest BCUT2D eigenvalue weighted by Crippen LogP contribution is 2.21. The summed E-state index contributed by atoms with van der Waals surface area (Å²) < 4.78 is 10.3. The van der Waals surface area contributed by atoms with Crippen molar-refractivity contribution in [2.75, 3.05) is 40.0 Å². The third-order valence-corrected chi connectivity index (χ3v) is 3.17. The summed E-state index contributed by atoms with van der Waals surface area (Å²) in [7, 11) is 1.59. The minimum Gasteiger partial charge on any atom is -0.480 e. The topological polar surface area (TPSA) is 59.0 Å². The molecule has 0 spiro atoms. The Morgan fingerprint density at radius 1 is 1.50 bits per heavy atom. The molecule has 1 heterocycles. The number of methoxy groups -OCH3 is 1. The van der Waals surface area contributed by atoms with Crippen molar-refractivity contribution in [3.05, 3.63) is 0 Å². The molecule has 1 aliphatic rings. The molecule has 0 amide bonds. The molecule has 1 unspecified atom stereocenters. The molecule has 1 atom stereocenters. The van der Waals surface area contributed by atoms with Crippen molar-refractivity contribution in [3.8, 4) is 0 Å². The highest BCUT2D eigenvalue weighted by molar-refractivity contribution is 5.78. The third kappa shape index (κ3) is 3.17. The van der Waals surface area contributed by atoms with Crippen molar-refractivity contribution in [2.45, 2.75) is 25.3 Å². The first-order chi connectivity index (χ1) is 7.61. The lowest BCUT2D eigenvalue weighted by atomic mass is 9.95. The molecular weight excluding hydrogens is 210 g/mol. The SMILES string of the molecule is COCCC(C)(C(=O)O)N1CCCOCC1. The Hall–Kier alpha value is -0.650. The van der Waals surface area contributed by atoms with Crippen molar-refractivity contribution in [1.82, 2.24) is 4.90 Å². The fraction of sp³-hybridized carbons (Fsp3) is 0.909. The third-order valence-electron chi connectivity index (χ3n) is 3.17. The van der Waals surface area contributed by atoms with Crippen LogP contribution in [0.5, 0.6) is 0 Å². The maximum Gasteiger partial charge on any atom is 0.323 e. The fourth-order valence-corrected chi connectivity index (χ4v) is 1.94. The molecule has 0 saturated carbocycles. The number of hydrogen-bond acceptors (Lipinski definition) is 4. The van der Waals surface area contributed by atoms with E-state index in [1.165, 1.54) is 0 Å². The Kier molecular flexibility index (Phi) is 5.18. The molecule has 0 aromatic carbocycles. The average Bonchev–Trinajstić information content (AvgIpc) is 2.54. The van der Waals surface area contributed by atoms with Gasteiger partial charge < -0.3 is 14.6 Å². The monoisotopic (exact) mass is 231 g/mol. The molecule has 1 N–H and O–H groups in total. The summed E-state index contributed by atoms with van der Waals surface area (Å²) in [5.41, 5.74) is -0.844. The van der Waals surface area contributed by atoms with Gasteiger partial charge >= 0.3 is 5.97 Å². The van der Waals surface area contributed by atoms with Gasteiger partial charge in [0, 0.05) is 33.4 Å². The van der Waals surface area contributed by atoms with E-state index >= 15 is 0 Å². The molecule has 5 nitrogen and oxygen atoms in total. The number of ether oxygens (including phenoxy) is 2. The second-order valence-corrected chi connectivity index (χ2v) is 4.27. The molecule has 1 fully saturated rings. The number of nitrogens with zero attached hydrogens (tertiary/aromatic N) is 1. The van der Waals surface area contributed by atoms with Gasteiger partial charge in [-0.05, 0) is 19.8 Å². The van der Waals surface area contributed by atoms with Gasteiger partial charge in [0.15, 0.2) is 0 Å². The highest BCUT2D eigenvalue weighted by atomic mass is 16.5. The van der Waals surface area contributed by atoms with E-state index in [2.05, 4.69) is 0 Å². The van der Waals surface area contributed by atoms with Crippen LogP contribution in [0.3, 0.4) is 0 Å². The van der Waals surface area contributed by atoms with Crippen molar-refractivity contribution in [3.63, 3.8) is 0 Å². The van der Waals surface area contributed by atoms with Crippen LogP contribution in [0.1, 0.15) is 19.8 Å². The van der Waals surface area contributed by atoms with Crippen LogP contribution < -0.4 is 0 Å². The van der Waals surface area contributed by atoms with Crippen molar-refractivity contribution >= 4 is 5.97 Å². The molecule has 0 aliphatic carbocycles. The number of carboxylic acids is 1. The predicted octanol–water partition coefficient (Wildman–Crippen LogP) is 0.589. The zero-order chi connectivity index (χ0) is 12.0. The summed E-state index contributed by atoms with van der Waals surface area (Å²) in [4.78, 5) is 13.4. The molecule has 5 heteroatoms. The molecule has 1 saturated heterocycles. The first kappa shape index (κ1) is 13.4. The fourth-order valence-electron chi connectivity index (χ4n) is 1.94. The smallest absolute Gasteiger partial charge is 0.323 e. The van der Waals surface area contributed by atoms with E-state index in [-0.39, 0.29) is 0 Å². The second-order valence-electron chi connectivity index (χ2n) is 4.27. The van der Waals surface area contributed by atoms with Crippen LogP contribution in [0.2, 0.25) is 0 Å². The molecule has 1 aliphatic heterocycles. The Balaban J connectivity index is 2.69. The Bertz CT molecular complexity index is 226. The molecule has 1 rings (SSSR count). The van der Waals surface area contributed by atoms with Gasteiger partial charge in [-0.3, -0.25) is 9.69 Å². The minimum atomic E-state index is -0.844. The average molecular weight is 231 g/mol. The number of carbonyl (C=O) groups is 1. The normalized spacial score (nSPS) is 22.4. The van der Waals surface area contributed by atoms with E-state index < -0.39 is 11.5 Å². The van der Waals surface area contributed by atoms with Crippen LogP contribution >= 0.6 is 0 Å². The van der Waals surface area contributed by atoms with E-state index in [0.717, 1.165) is 19.6 Å². The van der Waals surface area contributed by atoms with Crippen molar-refractivity contribution < 1.29 is 19.4 Å². The quantitative estimate of drug-likeness (QED) is 0.750. The first-order valence-corrected chi connectivity index (χ1v) is 5.66. The lowest BCUT2D eigenvalue weighted by Crippen LogP contribution is -2.54. The van der Waals surface area contributed by atoms with Gasteiger partial charge in [-0.1, -0.05) is 0 Å². The van der Waals surface area contributed by atoms with Crippen molar-refractivity contribution in [1.29, 1.82) is 0 Å². The standard InChI is InChI=1S/C11H21NO4/c1-11(10(13)14,4-8-15-2)12-5-3-7-16-9-6-12/h3-9H2,1-2H3,(H,13,14). The summed E-state index contributed by atoms with van der Waals surface area (Å²) >= 11 is 0. The summed E-state index contributed by atoms with van der Waals surface area (Å²) in [6.45, 7) is 4.99. The van der Waals surface area contributed by atoms with E-state index in [9.17, 15) is 9.90 Å². The maximum atomic E-state index is 11.4. The molecule has 0 bridgehead atoms. The predicted molar refractivity (Wildman–Crippen MR) is 59.5 cm³/mol. The second kappa shape index (κ2) is 6.18. The van der Waals surface area contributed by atoms with Crippen LogP contribution in [0.25, 0.3) is 0 Å². The molecule has 0 aromatic heterocycles. The molecule has 0 aromatic rings. The van der Waals surface area contributed by atoms with Crippen molar-refractivity contribution in [2.24, 2.45) is 0 Å². The van der Waals surface area contributed by atoms with Gasteiger partial charge in [-0.25, -0.2) is 0 Å².